The summed E-state index contributed by atoms with van der Waals surface area (Å²) in [5.74, 6) is -1.22. The molecular formula is C16H18O2S. The van der Waals surface area contributed by atoms with Crippen LogP contribution in [-0.2, 0) is 11.2 Å². The van der Waals surface area contributed by atoms with Gasteiger partial charge in [-0.1, -0.05) is 18.2 Å². The number of thiophene rings is 1. The molecule has 2 rings (SSSR count). The van der Waals surface area contributed by atoms with Crippen molar-refractivity contribution in [2.45, 2.75) is 33.1 Å². The molecule has 2 nitrogen and oxygen atoms in total. The van der Waals surface area contributed by atoms with Gasteiger partial charge in [0, 0.05) is 4.88 Å². The van der Waals surface area contributed by atoms with Crippen LogP contribution in [0.25, 0.3) is 0 Å². The van der Waals surface area contributed by atoms with Gasteiger partial charge in [0.2, 0.25) is 0 Å². The lowest BCUT2D eigenvalue weighted by Gasteiger charge is -2.14. The SMILES string of the molecule is Cc1ccc(C(Cc2sccc2C)C(=O)O)cc1C. The predicted octanol–water partition coefficient (Wildman–Crippen LogP) is 4.08. The third-order valence-electron chi connectivity index (χ3n) is 3.59. The van der Waals surface area contributed by atoms with E-state index in [0.717, 1.165) is 16.0 Å². The molecule has 0 aliphatic carbocycles. The van der Waals surface area contributed by atoms with E-state index in [1.54, 1.807) is 11.3 Å². The van der Waals surface area contributed by atoms with Gasteiger partial charge in [-0.2, -0.15) is 0 Å². The van der Waals surface area contributed by atoms with Crippen molar-refractivity contribution < 1.29 is 9.90 Å². The van der Waals surface area contributed by atoms with Gasteiger partial charge in [0.25, 0.3) is 0 Å². The lowest BCUT2D eigenvalue weighted by atomic mass is 9.92. The molecule has 0 spiro atoms. The van der Waals surface area contributed by atoms with E-state index in [-0.39, 0.29) is 0 Å². The highest BCUT2D eigenvalue weighted by Crippen LogP contribution is 2.27. The van der Waals surface area contributed by atoms with Gasteiger partial charge in [0.15, 0.2) is 0 Å². The summed E-state index contributed by atoms with van der Waals surface area (Å²) in [5, 5.41) is 11.5. The molecule has 1 unspecified atom stereocenters. The molecule has 0 fully saturated rings. The second kappa shape index (κ2) is 5.57. The fourth-order valence-corrected chi connectivity index (χ4v) is 3.08. The second-order valence-corrected chi connectivity index (χ2v) is 5.97. The summed E-state index contributed by atoms with van der Waals surface area (Å²) in [6.45, 7) is 6.09. The monoisotopic (exact) mass is 274 g/mol. The highest BCUT2D eigenvalue weighted by molar-refractivity contribution is 7.10. The lowest BCUT2D eigenvalue weighted by molar-refractivity contribution is -0.138. The second-order valence-electron chi connectivity index (χ2n) is 4.97. The Hall–Kier alpha value is -1.61. The van der Waals surface area contributed by atoms with E-state index in [1.807, 2.05) is 50.4 Å². The molecule has 100 valence electrons. The normalized spacial score (nSPS) is 12.4. The molecule has 1 N–H and O–H groups in total. The van der Waals surface area contributed by atoms with Crippen LogP contribution in [0.1, 0.15) is 33.0 Å². The van der Waals surface area contributed by atoms with Crippen molar-refractivity contribution in [3.8, 4) is 0 Å². The van der Waals surface area contributed by atoms with Crippen LogP contribution in [0.4, 0.5) is 0 Å². The smallest absolute Gasteiger partial charge is 0.311 e. The molecule has 2 aromatic rings. The standard InChI is InChI=1S/C16H18O2S/c1-10-4-5-13(8-12(10)3)14(16(17)18)9-15-11(2)6-7-19-15/h4-8,14H,9H2,1-3H3,(H,17,18). The van der Waals surface area contributed by atoms with E-state index in [2.05, 4.69) is 0 Å². The van der Waals surface area contributed by atoms with Crippen molar-refractivity contribution in [2.24, 2.45) is 0 Å². The number of benzene rings is 1. The van der Waals surface area contributed by atoms with Crippen LogP contribution in [0.15, 0.2) is 29.6 Å². The van der Waals surface area contributed by atoms with E-state index in [1.165, 1.54) is 11.1 Å². The molecule has 0 saturated heterocycles. The van der Waals surface area contributed by atoms with E-state index in [4.69, 9.17) is 0 Å². The lowest BCUT2D eigenvalue weighted by Crippen LogP contribution is -2.14. The molecule has 19 heavy (non-hydrogen) atoms. The molecule has 1 aromatic heterocycles. The molecule has 0 bridgehead atoms. The first kappa shape index (κ1) is 13.8. The van der Waals surface area contributed by atoms with Gasteiger partial charge in [0.1, 0.15) is 0 Å². The van der Waals surface area contributed by atoms with Gasteiger partial charge in [-0.15, -0.1) is 11.3 Å². The Morgan fingerprint density at radius 3 is 2.42 bits per heavy atom. The van der Waals surface area contributed by atoms with Crippen LogP contribution in [0.2, 0.25) is 0 Å². The zero-order valence-electron chi connectivity index (χ0n) is 11.4. The van der Waals surface area contributed by atoms with Crippen molar-refractivity contribution in [3.05, 3.63) is 56.8 Å². The third-order valence-corrected chi connectivity index (χ3v) is 4.63. The Morgan fingerprint density at radius 1 is 1.16 bits per heavy atom. The van der Waals surface area contributed by atoms with Gasteiger partial charge in [-0.3, -0.25) is 4.79 Å². The zero-order chi connectivity index (χ0) is 14.0. The van der Waals surface area contributed by atoms with Crippen molar-refractivity contribution in [1.29, 1.82) is 0 Å². The first-order valence-electron chi connectivity index (χ1n) is 6.32. The van der Waals surface area contributed by atoms with Crippen molar-refractivity contribution in [2.75, 3.05) is 0 Å². The van der Waals surface area contributed by atoms with Crippen LogP contribution in [-0.4, -0.2) is 11.1 Å². The minimum absolute atomic E-state index is 0.461. The Labute approximate surface area is 117 Å². The molecule has 0 radical (unpaired) electrons. The molecule has 1 heterocycles. The number of hydrogen-bond acceptors (Lipinski definition) is 2. The summed E-state index contributed by atoms with van der Waals surface area (Å²) in [5.41, 5.74) is 4.41. The molecule has 0 amide bonds. The maximum absolute atomic E-state index is 11.5. The van der Waals surface area contributed by atoms with Crippen molar-refractivity contribution in [3.63, 3.8) is 0 Å². The zero-order valence-corrected chi connectivity index (χ0v) is 12.3. The fraction of sp³-hybridized carbons (Fsp3) is 0.312. The third kappa shape index (κ3) is 3.04. The Bertz CT molecular complexity index is 599. The summed E-state index contributed by atoms with van der Waals surface area (Å²) < 4.78 is 0. The Kier molecular flexibility index (Phi) is 4.05. The van der Waals surface area contributed by atoms with Crippen molar-refractivity contribution in [1.82, 2.24) is 0 Å². The summed E-state index contributed by atoms with van der Waals surface area (Å²) in [6.07, 6.45) is 0.571. The average Bonchev–Trinajstić information content (AvgIpc) is 2.75. The number of hydrogen-bond donors (Lipinski definition) is 1. The number of aryl methyl sites for hydroxylation is 3. The quantitative estimate of drug-likeness (QED) is 0.912. The highest BCUT2D eigenvalue weighted by Gasteiger charge is 2.22. The average molecular weight is 274 g/mol. The fourth-order valence-electron chi connectivity index (χ4n) is 2.13. The van der Waals surface area contributed by atoms with Crippen LogP contribution in [0.3, 0.4) is 0 Å². The minimum atomic E-state index is -0.754. The number of carboxylic acids is 1. The number of rotatable bonds is 4. The minimum Gasteiger partial charge on any atom is -0.481 e. The van der Waals surface area contributed by atoms with Gasteiger partial charge in [-0.05, 0) is 60.9 Å². The molecule has 0 aliphatic heterocycles. The molecular weight excluding hydrogens is 256 g/mol. The van der Waals surface area contributed by atoms with E-state index in [9.17, 15) is 9.90 Å². The van der Waals surface area contributed by atoms with Crippen LogP contribution in [0.5, 0.6) is 0 Å². The van der Waals surface area contributed by atoms with Crippen LogP contribution < -0.4 is 0 Å². The maximum Gasteiger partial charge on any atom is 0.311 e. The topological polar surface area (TPSA) is 37.3 Å². The molecule has 1 aromatic carbocycles. The Morgan fingerprint density at radius 2 is 1.89 bits per heavy atom. The molecule has 0 aliphatic rings. The summed E-state index contributed by atoms with van der Waals surface area (Å²) >= 11 is 1.63. The molecule has 1 atom stereocenters. The maximum atomic E-state index is 11.5. The molecule has 0 saturated carbocycles. The number of carboxylic acid groups (broad SMARTS) is 1. The first-order valence-corrected chi connectivity index (χ1v) is 7.20. The van der Waals surface area contributed by atoms with Gasteiger partial charge >= 0.3 is 5.97 Å². The molecule has 3 heteroatoms. The Balaban J connectivity index is 2.32. The number of aliphatic carboxylic acids is 1. The first-order chi connectivity index (χ1) is 8.99. The van der Waals surface area contributed by atoms with E-state index in [0.29, 0.717) is 6.42 Å². The summed E-state index contributed by atoms with van der Waals surface area (Å²) in [6, 6.07) is 7.97. The van der Waals surface area contributed by atoms with E-state index < -0.39 is 11.9 Å². The van der Waals surface area contributed by atoms with Gasteiger partial charge in [-0.25, -0.2) is 0 Å². The summed E-state index contributed by atoms with van der Waals surface area (Å²) in [7, 11) is 0. The highest BCUT2D eigenvalue weighted by atomic mass is 32.1. The van der Waals surface area contributed by atoms with Crippen LogP contribution >= 0.6 is 11.3 Å². The summed E-state index contributed by atoms with van der Waals surface area (Å²) in [4.78, 5) is 12.7. The van der Waals surface area contributed by atoms with E-state index >= 15 is 0 Å². The van der Waals surface area contributed by atoms with Crippen molar-refractivity contribution >= 4 is 17.3 Å². The van der Waals surface area contributed by atoms with Gasteiger partial charge < -0.3 is 5.11 Å². The predicted molar refractivity (Wildman–Crippen MR) is 79.1 cm³/mol. The van der Waals surface area contributed by atoms with Crippen LogP contribution in [0, 0.1) is 20.8 Å². The largest absolute Gasteiger partial charge is 0.481 e. The number of carbonyl (C=O) groups is 1. The van der Waals surface area contributed by atoms with Gasteiger partial charge in [0.05, 0.1) is 5.92 Å².